The standard InChI is InChI=1S/C70H131NO5/c1-3-5-7-9-11-13-15-17-19-35-38-42-46-50-54-58-62-68(73)67(66-72)71-69(74)63-59-55-51-47-43-39-36-32-30-28-26-24-22-20-21-23-25-27-29-31-33-37-41-45-49-53-57-61-65-76-70(75)64-60-56-52-48-44-40-34-18-16-14-12-10-8-6-4-2/h12,14,18,20-21,34,58,62,67-68,72-73H,3-11,13,15-17,19,22-33,35-57,59-61,63-66H2,1-2H3,(H,71,74)/b14-12-,21-20-,34-18-,62-58+. The van der Waals surface area contributed by atoms with Crippen LogP contribution in [-0.4, -0.2) is 47.4 Å². The summed E-state index contributed by atoms with van der Waals surface area (Å²) < 4.78 is 5.48. The van der Waals surface area contributed by atoms with E-state index >= 15 is 0 Å². The van der Waals surface area contributed by atoms with Crippen LogP contribution in [0.25, 0.3) is 0 Å². The van der Waals surface area contributed by atoms with Crippen LogP contribution < -0.4 is 5.32 Å². The lowest BCUT2D eigenvalue weighted by atomic mass is 10.0. The fourth-order valence-electron chi connectivity index (χ4n) is 10.4. The predicted molar refractivity (Wildman–Crippen MR) is 333 cm³/mol. The van der Waals surface area contributed by atoms with Crippen molar-refractivity contribution >= 4 is 11.9 Å². The average Bonchev–Trinajstić information content (AvgIpc) is 3.42. The molecule has 0 bridgehead atoms. The molecule has 6 heteroatoms. The second kappa shape index (κ2) is 65.3. The van der Waals surface area contributed by atoms with Crippen molar-refractivity contribution in [3.05, 3.63) is 48.6 Å². The third-order valence-electron chi connectivity index (χ3n) is 15.6. The van der Waals surface area contributed by atoms with Gasteiger partial charge in [0, 0.05) is 12.8 Å². The topological polar surface area (TPSA) is 95.9 Å². The van der Waals surface area contributed by atoms with Crippen molar-refractivity contribution in [3.63, 3.8) is 0 Å². The minimum Gasteiger partial charge on any atom is -0.466 e. The lowest BCUT2D eigenvalue weighted by molar-refractivity contribution is -0.143. The van der Waals surface area contributed by atoms with Gasteiger partial charge in [-0.3, -0.25) is 9.59 Å². The zero-order valence-electron chi connectivity index (χ0n) is 51.0. The average molecular weight is 1070 g/mol. The highest BCUT2D eigenvalue weighted by atomic mass is 16.5. The number of ether oxygens (including phenoxy) is 1. The third-order valence-corrected chi connectivity index (χ3v) is 15.6. The first-order chi connectivity index (χ1) is 37.5. The summed E-state index contributed by atoms with van der Waals surface area (Å²) in [6, 6.07) is -0.628. The van der Waals surface area contributed by atoms with Crippen molar-refractivity contribution in [1.82, 2.24) is 5.32 Å². The van der Waals surface area contributed by atoms with E-state index in [0.717, 1.165) is 51.4 Å². The fourth-order valence-corrected chi connectivity index (χ4v) is 10.4. The Morgan fingerprint density at radius 3 is 1.04 bits per heavy atom. The van der Waals surface area contributed by atoms with Crippen LogP contribution in [0.5, 0.6) is 0 Å². The number of unbranched alkanes of at least 4 members (excludes halogenated alkanes) is 46. The van der Waals surface area contributed by atoms with Crippen molar-refractivity contribution in [2.75, 3.05) is 13.2 Å². The van der Waals surface area contributed by atoms with Crippen molar-refractivity contribution in [2.45, 2.75) is 373 Å². The SMILES string of the molecule is CCCCC/C=C\C/C=C\CCCCCCCC(=O)OCCCCCCCCCCCCCC/C=C\CCCCCCCCCCCCCCC(=O)NC(CO)C(O)/C=C/CCCCCCCCCCCCCCCC. The van der Waals surface area contributed by atoms with Crippen molar-refractivity contribution in [3.8, 4) is 0 Å². The van der Waals surface area contributed by atoms with E-state index in [1.165, 1.54) is 283 Å². The summed E-state index contributed by atoms with van der Waals surface area (Å²) in [6.45, 7) is 4.89. The van der Waals surface area contributed by atoms with E-state index in [1.54, 1.807) is 6.08 Å². The minimum absolute atomic E-state index is 0.00137. The van der Waals surface area contributed by atoms with E-state index in [9.17, 15) is 19.8 Å². The molecular formula is C70H131NO5. The Morgan fingerprint density at radius 2 is 0.658 bits per heavy atom. The number of allylic oxidation sites excluding steroid dienone is 7. The molecule has 6 nitrogen and oxygen atoms in total. The smallest absolute Gasteiger partial charge is 0.305 e. The molecule has 76 heavy (non-hydrogen) atoms. The molecule has 0 aliphatic heterocycles. The first-order valence-corrected chi connectivity index (χ1v) is 33.9. The Bertz CT molecular complexity index is 1270. The summed E-state index contributed by atoms with van der Waals surface area (Å²) >= 11 is 0. The monoisotopic (exact) mass is 1070 g/mol. The normalized spacial score (nSPS) is 12.8. The second-order valence-corrected chi connectivity index (χ2v) is 23.1. The molecule has 0 heterocycles. The molecule has 0 spiro atoms. The van der Waals surface area contributed by atoms with Gasteiger partial charge in [0.1, 0.15) is 0 Å². The maximum atomic E-state index is 12.5. The molecular weight excluding hydrogens is 935 g/mol. The lowest BCUT2D eigenvalue weighted by Crippen LogP contribution is -2.45. The van der Waals surface area contributed by atoms with Crippen LogP contribution in [-0.2, 0) is 14.3 Å². The number of hydrogen-bond donors (Lipinski definition) is 3. The summed E-state index contributed by atoms with van der Waals surface area (Å²) in [6.07, 6.45) is 84.6. The third kappa shape index (κ3) is 61.0. The van der Waals surface area contributed by atoms with Crippen LogP contribution in [0.15, 0.2) is 48.6 Å². The van der Waals surface area contributed by atoms with Crippen molar-refractivity contribution in [1.29, 1.82) is 0 Å². The molecule has 0 aromatic heterocycles. The van der Waals surface area contributed by atoms with Gasteiger partial charge in [-0.05, 0) is 89.9 Å². The lowest BCUT2D eigenvalue weighted by Gasteiger charge is -2.20. The Hall–Kier alpha value is -2.18. The molecule has 2 unspecified atom stereocenters. The maximum absolute atomic E-state index is 12.5. The van der Waals surface area contributed by atoms with Crippen LogP contribution in [0.1, 0.15) is 361 Å². The molecule has 0 saturated carbocycles. The molecule has 0 radical (unpaired) electrons. The van der Waals surface area contributed by atoms with E-state index in [2.05, 4.69) is 55.6 Å². The zero-order chi connectivity index (χ0) is 55.0. The van der Waals surface area contributed by atoms with E-state index in [-0.39, 0.29) is 18.5 Å². The molecule has 0 aromatic carbocycles. The largest absolute Gasteiger partial charge is 0.466 e. The molecule has 1 amide bonds. The first-order valence-electron chi connectivity index (χ1n) is 33.9. The summed E-state index contributed by atoms with van der Waals surface area (Å²) in [4.78, 5) is 24.5. The Labute approximate surface area is 474 Å². The zero-order valence-corrected chi connectivity index (χ0v) is 51.0. The number of hydrogen-bond acceptors (Lipinski definition) is 5. The van der Waals surface area contributed by atoms with Gasteiger partial charge in [-0.25, -0.2) is 0 Å². The van der Waals surface area contributed by atoms with Crippen molar-refractivity contribution < 1.29 is 24.5 Å². The Balaban J connectivity index is 3.40. The number of carbonyl (C=O) groups excluding carboxylic acids is 2. The van der Waals surface area contributed by atoms with E-state index in [1.807, 2.05) is 6.08 Å². The van der Waals surface area contributed by atoms with Crippen LogP contribution in [0.3, 0.4) is 0 Å². The molecule has 3 N–H and O–H groups in total. The van der Waals surface area contributed by atoms with Crippen molar-refractivity contribution in [2.24, 2.45) is 0 Å². The first kappa shape index (κ1) is 73.8. The highest BCUT2D eigenvalue weighted by molar-refractivity contribution is 5.76. The van der Waals surface area contributed by atoms with Gasteiger partial charge < -0.3 is 20.3 Å². The molecule has 0 aliphatic carbocycles. The highest BCUT2D eigenvalue weighted by Gasteiger charge is 2.18. The van der Waals surface area contributed by atoms with Gasteiger partial charge in [-0.15, -0.1) is 0 Å². The fraction of sp³-hybridized carbons (Fsp3) is 0.857. The summed E-state index contributed by atoms with van der Waals surface area (Å²) in [7, 11) is 0. The number of carbonyl (C=O) groups is 2. The Morgan fingerprint density at radius 1 is 0.368 bits per heavy atom. The number of rotatable bonds is 63. The van der Waals surface area contributed by atoms with Crippen LogP contribution >= 0.6 is 0 Å². The molecule has 0 aliphatic rings. The highest BCUT2D eigenvalue weighted by Crippen LogP contribution is 2.17. The number of nitrogens with one attached hydrogen (secondary N) is 1. The Kier molecular flexibility index (Phi) is 63.5. The molecule has 0 saturated heterocycles. The van der Waals surface area contributed by atoms with Crippen LogP contribution in [0, 0.1) is 0 Å². The maximum Gasteiger partial charge on any atom is 0.305 e. The molecule has 0 fully saturated rings. The van der Waals surface area contributed by atoms with E-state index in [4.69, 9.17) is 4.74 Å². The number of aliphatic hydroxyl groups is 2. The summed E-state index contributed by atoms with van der Waals surface area (Å²) in [5.41, 5.74) is 0. The van der Waals surface area contributed by atoms with Gasteiger partial charge in [0.25, 0.3) is 0 Å². The predicted octanol–water partition coefficient (Wildman–Crippen LogP) is 21.7. The number of esters is 1. The number of amides is 1. The quantitative estimate of drug-likeness (QED) is 0.0320. The van der Waals surface area contributed by atoms with E-state index < -0.39 is 12.1 Å². The van der Waals surface area contributed by atoms with Gasteiger partial charge in [-0.1, -0.05) is 306 Å². The summed E-state index contributed by atoms with van der Waals surface area (Å²) in [5, 5.41) is 23.2. The second-order valence-electron chi connectivity index (χ2n) is 23.1. The van der Waals surface area contributed by atoms with E-state index in [0.29, 0.717) is 19.4 Å². The minimum atomic E-state index is -0.845. The molecule has 0 rings (SSSR count). The van der Waals surface area contributed by atoms with Gasteiger partial charge in [0.05, 0.1) is 25.4 Å². The van der Waals surface area contributed by atoms with Gasteiger partial charge in [0.2, 0.25) is 5.91 Å². The van der Waals surface area contributed by atoms with Gasteiger partial charge in [0.15, 0.2) is 0 Å². The number of aliphatic hydroxyl groups excluding tert-OH is 2. The van der Waals surface area contributed by atoms with Gasteiger partial charge >= 0.3 is 5.97 Å². The summed E-state index contributed by atoms with van der Waals surface area (Å²) in [5.74, 6) is -0.0649. The molecule has 2 atom stereocenters. The molecule has 0 aromatic rings. The van der Waals surface area contributed by atoms with Crippen LogP contribution in [0.4, 0.5) is 0 Å². The van der Waals surface area contributed by atoms with Gasteiger partial charge in [-0.2, -0.15) is 0 Å². The molecule has 446 valence electrons. The van der Waals surface area contributed by atoms with Crippen LogP contribution in [0.2, 0.25) is 0 Å².